The molecule has 0 aliphatic carbocycles. The number of thioether (sulfide) groups is 1. The van der Waals surface area contributed by atoms with Gasteiger partial charge >= 0.3 is 0 Å². The molecular formula is C18H12F3NO2S. The zero-order valence-electron chi connectivity index (χ0n) is 12.7. The second-order valence-electron chi connectivity index (χ2n) is 4.97. The number of carbonyl (C=O) groups excluding carboxylic acids is 1. The fourth-order valence-corrected chi connectivity index (χ4v) is 2.81. The molecule has 0 atom stereocenters. The second-order valence-corrected chi connectivity index (χ2v) is 6.00. The van der Waals surface area contributed by atoms with Crippen LogP contribution < -0.4 is 5.32 Å². The van der Waals surface area contributed by atoms with Crippen molar-refractivity contribution in [3.8, 4) is 11.3 Å². The molecule has 0 aliphatic rings. The lowest BCUT2D eigenvalue weighted by molar-refractivity contribution is 0.0997. The summed E-state index contributed by atoms with van der Waals surface area (Å²) in [7, 11) is 0. The van der Waals surface area contributed by atoms with Gasteiger partial charge in [0.05, 0.1) is 11.3 Å². The predicted octanol–water partition coefficient (Wildman–Crippen LogP) is 5.65. The number of hydrogen-bond donors (Lipinski definition) is 1. The highest BCUT2D eigenvalue weighted by Gasteiger charge is 2.17. The molecular weight excluding hydrogens is 351 g/mol. The Kier molecular flexibility index (Phi) is 5.14. The van der Waals surface area contributed by atoms with Gasteiger partial charge in [0.25, 0.3) is 11.7 Å². The minimum Gasteiger partial charge on any atom is -0.451 e. The normalized spacial score (nSPS) is 10.9. The predicted molar refractivity (Wildman–Crippen MR) is 90.4 cm³/mol. The maximum Gasteiger partial charge on any atom is 0.291 e. The highest BCUT2D eigenvalue weighted by molar-refractivity contribution is 7.99. The maximum atomic E-state index is 13.8. The molecule has 0 saturated heterocycles. The minimum atomic E-state index is -2.60. The van der Waals surface area contributed by atoms with E-state index in [4.69, 9.17) is 4.42 Å². The van der Waals surface area contributed by atoms with Crippen molar-refractivity contribution in [1.82, 2.24) is 0 Å². The van der Waals surface area contributed by atoms with E-state index < -0.39 is 17.5 Å². The van der Waals surface area contributed by atoms with Crippen LogP contribution in [-0.2, 0) is 0 Å². The van der Waals surface area contributed by atoms with Crippen LogP contribution in [-0.4, -0.2) is 11.7 Å². The van der Waals surface area contributed by atoms with E-state index in [0.29, 0.717) is 11.8 Å². The van der Waals surface area contributed by atoms with E-state index in [1.54, 1.807) is 24.3 Å². The molecule has 2 aromatic carbocycles. The number of hydrogen-bond acceptors (Lipinski definition) is 3. The van der Waals surface area contributed by atoms with Crippen molar-refractivity contribution >= 4 is 23.4 Å². The summed E-state index contributed by atoms with van der Waals surface area (Å²) in [5.41, 5.74) is 0.483. The van der Waals surface area contributed by atoms with Gasteiger partial charge in [0.1, 0.15) is 11.6 Å². The molecule has 0 spiro atoms. The van der Waals surface area contributed by atoms with Gasteiger partial charge in [-0.15, -0.1) is 0 Å². The van der Waals surface area contributed by atoms with Crippen molar-refractivity contribution in [2.24, 2.45) is 0 Å². The van der Waals surface area contributed by atoms with Crippen molar-refractivity contribution in [3.05, 3.63) is 72.2 Å². The number of para-hydroxylation sites is 1. The third-order valence-corrected chi connectivity index (χ3v) is 4.11. The highest BCUT2D eigenvalue weighted by Crippen LogP contribution is 2.32. The largest absolute Gasteiger partial charge is 0.451 e. The van der Waals surface area contributed by atoms with Crippen LogP contribution in [0.4, 0.5) is 18.9 Å². The highest BCUT2D eigenvalue weighted by atomic mass is 32.2. The minimum absolute atomic E-state index is 0.0462. The first-order valence-electron chi connectivity index (χ1n) is 7.24. The molecule has 25 heavy (non-hydrogen) atoms. The molecule has 1 N–H and O–H groups in total. The fourth-order valence-electron chi connectivity index (χ4n) is 2.22. The third kappa shape index (κ3) is 4.06. The average Bonchev–Trinajstić information content (AvgIpc) is 3.06. The third-order valence-electron chi connectivity index (χ3n) is 3.32. The zero-order valence-corrected chi connectivity index (χ0v) is 13.5. The molecule has 1 aromatic heterocycles. The van der Waals surface area contributed by atoms with Crippen molar-refractivity contribution in [1.29, 1.82) is 0 Å². The van der Waals surface area contributed by atoms with Crippen LogP contribution in [0.15, 0.2) is 70.0 Å². The van der Waals surface area contributed by atoms with E-state index in [1.165, 1.54) is 36.4 Å². The Morgan fingerprint density at radius 3 is 2.48 bits per heavy atom. The van der Waals surface area contributed by atoms with Crippen LogP contribution >= 0.6 is 11.8 Å². The molecule has 1 amide bonds. The molecule has 3 nitrogen and oxygen atoms in total. The van der Waals surface area contributed by atoms with E-state index in [-0.39, 0.29) is 27.7 Å². The Hall–Kier alpha value is -2.67. The number of benzene rings is 2. The summed E-state index contributed by atoms with van der Waals surface area (Å²) in [5.74, 6) is -3.52. The molecule has 0 saturated carbocycles. The van der Waals surface area contributed by atoms with Gasteiger partial charge in [0, 0.05) is 4.90 Å². The van der Waals surface area contributed by atoms with Crippen molar-refractivity contribution in [2.45, 2.75) is 10.7 Å². The Labute approximate surface area is 145 Å². The van der Waals surface area contributed by atoms with E-state index in [1.807, 2.05) is 0 Å². The van der Waals surface area contributed by atoms with E-state index in [2.05, 4.69) is 5.32 Å². The number of anilines is 1. The van der Waals surface area contributed by atoms with Crippen LogP contribution in [0.25, 0.3) is 11.3 Å². The quantitative estimate of drug-likeness (QED) is 0.596. The van der Waals surface area contributed by atoms with Gasteiger partial charge < -0.3 is 9.73 Å². The average molecular weight is 363 g/mol. The number of rotatable bonds is 5. The summed E-state index contributed by atoms with van der Waals surface area (Å²) < 4.78 is 44.3. The SMILES string of the molecule is O=C(Nc1ccccc1SC(F)F)c1ccc(-c2ccccc2F)o1. The Morgan fingerprint density at radius 2 is 1.72 bits per heavy atom. The van der Waals surface area contributed by atoms with Crippen LogP contribution in [0, 0.1) is 5.82 Å². The van der Waals surface area contributed by atoms with E-state index in [9.17, 15) is 18.0 Å². The van der Waals surface area contributed by atoms with E-state index >= 15 is 0 Å². The number of alkyl halides is 2. The van der Waals surface area contributed by atoms with Crippen LogP contribution in [0.1, 0.15) is 10.6 Å². The Balaban J connectivity index is 1.81. The number of carbonyl (C=O) groups is 1. The van der Waals surface area contributed by atoms with Crippen LogP contribution in [0.3, 0.4) is 0 Å². The summed E-state index contributed by atoms with van der Waals surface area (Å²) >= 11 is 0.338. The number of furan rings is 1. The summed E-state index contributed by atoms with van der Waals surface area (Å²) in [4.78, 5) is 12.5. The molecule has 128 valence electrons. The number of nitrogens with one attached hydrogen (secondary N) is 1. The lowest BCUT2D eigenvalue weighted by Gasteiger charge is -2.09. The lowest BCUT2D eigenvalue weighted by Crippen LogP contribution is -2.11. The summed E-state index contributed by atoms with van der Waals surface area (Å²) in [6.07, 6.45) is 0. The summed E-state index contributed by atoms with van der Waals surface area (Å²) in [6.45, 7) is 0. The van der Waals surface area contributed by atoms with Crippen molar-refractivity contribution < 1.29 is 22.4 Å². The van der Waals surface area contributed by atoms with Crippen molar-refractivity contribution in [3.63, 3.8) is 0 Å². The second kappa shape index (κ2) is 7.48. The monoisotopic (exact) mass is 363 g/mol. The summed E-state index contributed by atoms with van der Waals surface area (Å²) in [5, 5.41) is 2.53. The molecule has 7 heteroatoms. The van der Waals surface area contributed by atoms with Gasteiger partial charge in [-0.3, -0.25) is 4.79 Å². The zero-order chi connectivity index (χ0) is 17.8. The van der Waals surface area contributed by atoms with Gasteiger partial charge in [-0.2, -0.15) is 8.78 Å². The maximum absolute atomic E-state index is 13.8. The van der Waals surface area contributed by atoms with Gasteiger partial charge in [-0.1, -0.05) is 36.0 Å². The first kappa shape index (κ1) is 17.2. The first-order valence-corrected chi connectivity index (χ1v) is 8.12. The molecule has 1 heterocycles. The molecule has 0 unspecified atom stereocenters. The molecule has 0 aliphatic heterocycles. The Morgan fingerprint density at radius 1 is 1.00 bits per heavy atom. The van der Waals surface area contributed by atoms with Gasteiger partial charge in [0.2, 0.25) is 0 Å². The fraction of sp³-hybridized carbons (Fsp3) is 0.0556. The smallest absolute Gasteiger partial charge is 0.291 e. The molecule has 3 rings (SSSR count). The standard InChI is InChI=1S/C18H12F3NO2S/c19-12-6-2-1-5-11(12)14-9-10-15(24-14)17(23)22-13-7-3-4-8-16(13)25-18(20)21/h1-10,18H,(H,22,23). The molecule has 0 radical (unpaired) electrons. The summed E-state index contributed by atoms with van der Waals surface area (Å²) in [6, 6.07) is 15.1. The molecule has 3 aromatic rings. The lowest BCUT2D eigenvalue weighted by atomic mass is 10.1. The first-order chi connectivity index (χ1) is 12.0. The van der Waals surface area contributed by atoms with Crippen LogP contribution in [0.2, 0.25) is 0 Å². The van der Waals surface area contributed by atoms with E-state index in [0.717, 1.165) is 0 Å². The number of amides is 1. The van der Waals surface area contributed by atoms with Gasteiger partial charge in [-0.05, 0) is 36.4 Å². The van der Waals surface area contributed by atoms with Gasteiger partial charge in [-0.25, -0.2) is 4.39 Å². The van der Waals surface area contributed by atoms with Gasteiger partial charge in [0.15, 0.2) is 5.76 Å². The Bertz CT molecular complexity index is 895. The molecule has 0 fully saturated rings. The van der Waals surface area contributed by atoms with Crippen molar-refractivity contribution in [2.75, 3.05) is 5.32 Å². The topological polar surface area (TPSA) is 42.2 Å². The molecule has 0 bridgehead atoms. The van der Waals surface area contributed by atoms with Crippen LogP contribution in [0.5, 0.6) is 0 Å². The number of halogens is 3.